The van der Waals surface area contributed by atoms with Crippen LogP contribution in [0.5, 0.6) is 0 Å². The Kier molecular flexibility index (Phi) is 3.68. The van der Waals surface area contributed by atoms with Gasteiger partial charge in [-0.25, -0.2) is 9.67 Å². The second-order valence-corrected chi connectivity index (χ2v) is 3.84. The monoisotopic (exact) mass is 249 g/mol. The van der Waals surface area contributed by atoms with Crippen LogP contribution in [-0.2, 0) is 31.5 Å². The second-order valence-electron chi connectivity index (χ2n) is 3.84. The van der Waals surface area contributed by atoms with E-state index in [4.69, 9.17) is 5.73 Å². The van der Waals surface area contributed by atoms with Gasteiger partial charge in [0.1, 0.15) is 12.4 Å². The summed E-state index contributed by atoms with van der Waals surface area (Å²) in [6.07, 6.45) is 5.17. The SMILES string of the molecule is Cn1ccnc1CNC(=O)Cn1cc(CN)nn1. The third kappa shape index (κ3) is 2.92. The van der Waals surface area contributed by atoms with E-state index in [1.165, 1.54) is 4.68 Å². The van der Waals surface area contributed by atoms with E-state index in [9.17, 15) is 4.79 Å². The maximum atomic E-state index is 11.6. The fraction of sp³-hybridized carbons (Fsp3) is 0.400. The molecule has 0 aliphatic rings. The molecule has 0 atom stereocenters. The first-order valence-electron chi connectivity index (χ1n) is 5.51. The number of nitrogens with one attached hydrogen (secondary N) is 1. The van der Waals surface area contributed by atoms with Crippen LogP contribution >= 0.6 is 0 Å². The molecule has 2 rings (SSSR count). The lowest BCUT2D eigenvalue weighted by atomic mass is 10.5. The minimum Gasteiger partial charge on any atom is -0.347 e. The van der Waals surface area contributed by atoms with Crippen LogP contribution in [0.2, 0.25) is 0 Å². The van der Waals surface area contributed by atoms with Gasteiger partial charge in [-0.1, -0.05) is 5.21 Å². The Morgan fingerprint density at radius 3 is 3.00 bits per heavy atom. The summed E-state index contributed by atoms with van der Waals surface area (Å²) < 4.78 is 3.30. The van der Waals surface area contributed by atoms with E-state index in [0.717, 1.165) is 5.82 Å². The number of nitrogens with two attached hydrogens (primary N) is 1. The van der Waals surface area contributed by atoms with E-state index in [2.05, 4.69) is 20.6 Å². The Morgan fingerprint density at radius 2 is 2.39 bits per heavy atom. The molecule has 0 bridgehead atoms. The number of imidazole rings is 1. The summed E-state index contributed by atoms with van der Waals surface area (Å²) in [7, 11) is 1.87. The molecule has 8 heteroatoms. The summed E-state index contributed by atoms with van der Waals surface area (Å²) in [5, 5.41) is 10.4. The molecule has 0 spiro atoms. The molecule has 0 saturated heterocycles. The molecule has 0 aliphatic carbocycles. The Bertz CT molecular complexity index is 530. The second kappa shape index (κ2) is 5.41. The number of aromatic nitrogens is 5. The average Bonchev–Trinajstić information content (AvgIpc) is 2.96. The fourth-order valence-electron chi connectivity index (χ4n) is 1.46. The molecule has 0 aliphatic heterocycles. The smallest absolute Gasteiger partial charge is 0.242 e. The van der Waals surface area contributed by atoms with E-state index in [1.807, 2.05) is 17.8 Å². The van der Waals surface area contributed by atoms with Gasteiger partial charge in [-0.05, 0) is 0 Å². The van der Waals surface area contributed by atoms with Crippen molar-refractivity contribution in [2.45, 2.75) is 19.6 Å². The van der Waals surface area contributed by atoms with Crippen molar-refractivity contribution in [1.82, 2.24) is 29.9 Å². The first kappa shape index (κ1) is 12.2. The van der Waals surface area contributed by atoms with Crippen molar-refractivity contribution in [1.29, 1.82) is 0 Å². The van der Waals surface area contributed by atoms with Crippen LogP contribution in [0.4, 0.5) is 0 Å². The quantitative estimate of drug-likeness (QED) is 0.691. The van der Waals surface area contributed by atoms with Crippen molar-refractivity contribution in [3.63, 3.8) is 0 Å². The van der Waals surface area contributed by atoms with Crippen molar-refractivity contribution in [2.75, 3.05) is 0 Å². The predicted molar refractivity (Wildman–Crippen MR) is 63.0 cm³/mol. The maximum absolute atomic E-state index is 11.6. The number of carbonyl (C=O) groups is 1. The lowest BCUT2D eigenvalue weighted by molar-refractivity contribution is -0.122. The highest BCUT2D eigenvalue weighted by Gasteiger charge is 2.06. The zero-order valence-corrected chi connectivity index (χ0v) is 10.1. The predicted octanol–water partition coefficient (Wildman–Crippen LogP) is -1.21. The van der Waals surface area contributed by atoms with E-state index in [1.54, 1.807) is 12.4 Å². The molecular weight excluding hydrogens is 234 g/mol. The van der Waals surface area contributed by atoms with Crippen LogP contribution in [0.15, 0.2) is 18.6 Å². The molecule has 1 amide bonds. The summed E-state index contributed by atoms with van der Waals surface area (Å²) in [4.78, 5) is 15.8. The molecule has 0 fully saturated rings. The van der Waals surface area contributed by atoms with Gasteiger partial charge in [0.2, 0.25) is 5.91 Å². The Morgan fingerprint density at radius 1 is 1.56 bits per heavy atom. The Labute approximate surface area is 104 Å². The number of amides is 1. The lowest BCUT2D eigenvalue weighted by Gasteiger charge is -2.04. The molecule has 2 aromatic rings. The fourth-order valence-corrected chi connectivity index (χ4v) is 1.46. The summed E-state index contributed by atoms with van der Waals surface area (Å²) >= 11 is 0. The highest BCUT2D eigenvalue weighted by atomic mass is 16.2. The number of hydrogen-bond donors (Lipinski definition) is 2. The minimum atomic E-state index is -0.147. The number of aryl methyl sites for hydroxylation is 1. The van der Waals surface area contributed by atoms with Gasteiger partial charge in [0, 0.05) is 26.0 Å². The van der Waals surface area contributed by atoms with E-state index >= 15 is 0 Å². The number of carbonyl (C=O) groups excluding carboxylic acids is 1. The zero-order chi connectivity index (χ0) is 13.0. The first-order chi connectivity index (χ1) is 8.69. The molecule has 3 N–H and O–H groups in total. The molecule has 0 unspecified atom stereocenters. The number of hydrogen-bond acceptors (Lipinski definition) is 5. The molecule has 2 heterocycles. The Hall–Kier alpha value is -2.22. The van der Waals surface area contributed by atoms with Crippen LogP contribution in [-0.4, -0.2) is 30.5 Å². The molecule has 2 aromatic heterocycles. The Balaban J connectivity index is 1.84. The summed E-state index contributed by atoms with van der Waals surface area (Å²) in [5.74, 6) is 0.649. The van der Waals surface area contributed by atoms with Crippen molar-refractivity contribution in [2.24, 2.45) is 12.8 Å². The van der Waals surface area contributed by atoms with E-state index < -0.39 is 0 Å². The summed E-state index contributed by atoms with van der Waals surface area (Å²) in [5.41, 5.74) is 6.07. The van der Waals surface area contributed by atoms with Gasteiger partial charge >= 0.3 is 0 Å². The normalized spacial score (nSPS) is 10.6. The third-order valence-corrected chi connectivity index (χ3v) is 2.47. The molecule has 96 valence electrons. The number of rotatable bonds is 5. The molecule has 8 nitrogen and oxygen atoms in total. The van der Waals surface area contributed by atoms with Gasteiger partial charge in [-0.2, -0.15) is 0 Å². The van der Waals surface area contributed by atoms with Crippen LogP contribution in [0.1, 0.15) is 11.5 Å². The standard InChI is InChI=1S/C10H15N7O/c1-16-3-2-12-9(16)5-13-10(18)7-17-6-8(4-11)14-15-17/h2-3,6H,4-5,7,11H2,1H3,(H,13,18). The summed E-state index contributed by atoms with van der Waals surface area (Å²) in [6.45, 7) is 0.826. The van der Waals surface area contributed by atoms with Gasteiger partial charge in [0.05, 0.1) is 18.4 Å². The van der Waals surface area contributed by atoms with Crippen molar-refractivity contribution in [3.8, 4) is 0 Å². The zero-order valence-electron chi connectivity index (χ0n) is 10.1. The molecule has 0 aromatic carbocycles. The van der Waals surface area contributed by atoms with Crippen LogP contribution in [0.3, 0.4) is 0 Å². The van der Waals surface area contributed by atoms with Gasteiger partial charge in [0.15, 0.2) is 0 Å². The average molecular weight is 249 g/mol. The third-order valence-electron chi connectivity index (χ3n) is 2.47. The van der Waals surface area contributed by atoms with Crippen LogP contribution in [0.25, 0.3) is 0 Å². The van der Waals surface area contributed by atoms with Crippen molar-refractivity contribution < 1.29 is 4.79 Å². The minimum absolute atomic E-state index is 0.122. The van der Waals surface area contributed by atoms with Gasteiger partial charge in [0.25, 0.3) is 0 Å². The topological polar surface area (TPSA) is 104 Å². The molecule has 0 saturated carbocycles. The molecule has 0 radical (unpaired) electrons. The van der Waals surface area contributed by atoms with Crippen molar-refractivity contribution >= 4 is 5.91 Å². The lowest BCUT2D eigenvalue weighted by Crippen LogP contribution is -2.28. The molecular formula is C10H15N7O. The van der Waals surface area contributed by atoms with Crippen LogP contribution in [0, 0.1) is 0 Å². The number of nitrogens with zero attached hydrogens (tertiary/aromatic N) is 5. The summed E-state index contributed by atoms with van der Waals surface area (Å²) in [6, 6.07) is 0. The highest BCUT2D eigenvalue weighted by molar-refractivity contribution is 5.75. The first-order valence-corrected chi connectivity index (χ1v) is 5.51. The van der Waals surface area contributed by atoms with Crippen molar-refractivity contribution in [3.05, 3.63) is 30.1 Å². The van der Waals surface area contributed by atoms with Gasteiger partial charge in [-0.15, -0.1) is 5.10 Å². The highest BCUT2D eigenvalue weighted by Crippen LogP contribution is 1.94. The van der Waals surface area contributed by atoms with Crippen LogP contribution < -0.4 is 11.1 Å². The van der Waals surface area contributed by atoms with Gasteiger partial charge in [-0.3, -0.25) is 4.79 Å². The van der Waals surface area contributed by atoms with E-state index in [-0.39, 0.29) is 12.5 Å². The molecule has 18 heavy (non-hydrogen) atoms. The largest absolute Gasteiger partial charge is 0.347 e. The van der Waals surface area contributed by atoms with E-state index in [0.29, 0.717) is 18.8 Å². The van der Waals surface area contributed by atoms with Gasteiger partial charge < -0.3 is 15.6 Å². The maximum Gasteiger partial charge on any atom is 0.242 e.